The first-order valence-electron chi connectivity index (χ1n) is 0.690. The molecule has 1 radical (unpaired) electrons. The number of halogens is 3. The van der Waals surface area contributed by atoms with Crippen LogP contribution >= 0.6 is 25.5 Å². The zero-order chi connectivity index (χ0) is 5.58. The average molecular weight is 540 g/mol. The van der Waals surface area contributed by atoms with E-state index in [1.165, 1.54) is 0 Å². The van der Waals surface area contributed by atoms with E-state index in [0.717, 1.165) is 0 Å². The summed E-state index contributed by atoms with van der Waals surface area (Å²) in [4.78, 5) is 0. The Morgan fingerprint density at radius 2 is 1.17 bits per heavy atom. The quantitative estimate of drug-likeness (QED) is 0.423. The van der Waals surface area contributed by atoms with Crippen LogP contribution in [0.1, 0.15) is 0 Å². The molecule has 0 spiro atoms. The molecule has 0 bridgehead atoms. The molecule has 0 aliphatic rings. The predicted octanol–water partition coefficient (Wildman–Crippen LogP) is 1.19. The molecule has 0 unspecified atom stereocenters. The van der Waals surface area contributed by atoms with Crippen molar-refractivity contribution in [2.75, 3.05) is 0 Å². The second-order valence-electron chi connectivity index (χ2n) is 0.192. The second kappa shape index (κ2) is 10.4. The van der Waals surface area contributed by atoms with E-state index in [0.29, 0.717) is 0 Å². The molecule has 1 nitrogen and oxygen atoms in total. The van der Waals surface area contributed by atoms with Gasteiger partial charge in [-0.05, 0) is 0 Å². The molecule has 0 fully saturated rings. The molecule has 0 rings (SSSR count). The number of hydrogen-bond donors (Lipinski definition) is 0. The van der Waals surface area contributed by atoms with Crippen molar-refractivity contribution in [2.24, 2.45) is 0 Å². The van der Waals surface area contributed by atoms with Gasteiger partial charge in [-0.1, -0.05) is 0 Å². The van der Waals surface area contributed by atoms with Gasteiger partial charge in [0.05, 0.1) is 0 Å². The maximum absolute atomic E-state index is 8.36. The summed E-state index contributed by atoms with van der Waals surface area (Å²) in [5.74, 6) is 0. The van der Waals surface area contributed by atoms with Crippen molar-refractivity contribution in [1.82, 2.24) is 0 Å². The molecule has 0 aliphatic heterocycles. The molecule has 0 amide bonds. The van der Waals surface area contributed by atoms with Crippen LogP contribution in [0.15, 0.2) is 0 Å². The Labute approximate surface area is 69.9 Å². The van der Waals surface area contributed by atoms with E-state index in [2.05, 4.69) is 0 Å². The van der Waals surface area contributed by atoms with E-state index in [1.54, 1.807) is 0 Å². The second-order valence-corrected chi connectivity index (χ2v) is 15.1. The molecule has 0 aromatic carbocycles. The minimum atomic E-state index is -2.18. The first-order valence-corrected chi connectivity index (χ1v) is 15.0. The molecular formula is Bi2Cl3O. The van der Waals surface area contributed by atoms with Gasteiger partial charge in [0.1, 0.15) is 0 Å². The zero-order valence-corrected chi connectivity index (χ0v) is 11.7. The van der Waals surface area contributed by atoms with Crippen molar-refractivity contribution in [3.63, 3.8) is 0 Å². The average Bonchev–Trinajstić information content (AvgIpc) is 1.41. The summed E-state index contributed by atoms with van der Waals surface area (Å²) in [6, 6.07) is 0. The van der Waals surface area contributed by atoms with Gasteiger partial charge in [-0.15, -0.1) is 0 Å². The third kappa shape index (κ3) is 32.0. The van der Waals surface area contributed by atoms with Crippen molar-refractivity contribution in [3.05, 3.63) is 0 Å². The van der Waals surface area contributed by atoms with Gasteiger partial charge in [-0.3, -0.25) is 0 Å². The summed E-state index contributed by atoms with van der Waals surface area (Å²) in [6.45, 7) is 0. The van der Waals surface area contributed by atoms with Crippen LogP contribution in [-0.4, -0.2) is 42.9 Å². The predicted molar refractivity (Wildman–Crippen MR) is 29.8 cm³/mol. The first kappa shape index (κ1) is 11.3. The first-order chi connectivity index (χ1) is 2.73. The maximum atomic E-state index is 8.36. The summed E-state index contributed by atoms with van der Waals surface area (Å²) in [5, 5.41) is 0. The molecule has 0 aromatic heterocycles. The van der Waals surface area contributed by atoms with Crippen molar-refractivity contribution < 1.29 is 2.81 Å². The van der Waals surface area contributed by atoms with Gasteiger partial charge < -0.3 is 0 Å². The fourth-order valence-corrected chi connectivity index (χ4v) is 0. The summed E-state index contributed by atoms with van der Waals surface area (Å²) < 4.78 is 8.36. The standard InChI is InChI=1S/2Bi.3ClH.O/h;;3*1H;/q;+3;;;;/p-3. The molecule has 0 atom stereocenters. The summed E-state index contributed by atoms with van der Waals surface area (Å²) >= 11 is -1.98. The van der Waals surface area contributed by atoms with Gasteiger partial charge in [0.2, 0.25) is 0 Å². The normalized spacial score (nSPS) is 6.67. The van der Waals surface area contributed by atoms with Crippen LogP contribution in [0.3, 0.4) is 0 Å². The van der Waals surface area contributed by atoms with Gasteiger partial charge >= 0.3 is 71.2 Å². The Morgan fingerprint density at radius 3 is 1.17 bits per heavy atom. The molecule has 6 heteroatoms. The molecule has 0 aliphatic carbocycles. The van der Waals surface area contributed by atoms with Gasteiger partial charge in [-0.25, -0.2) is 0 Å². The van der Waals surface area contributed by atoms with Crippen LogP contribution in [0.25, 0.3) is 0 Å². The Bertz CT molecular complexity index is 20.0. The molecule has 6 heavy (non-hydrogen) atoms. The van der Waals surface area contributed by atoms with Crippen LogP contribution in [0, 0.1) is 0 Å². The monoisotopic (exact) mass is 539 g/mol. The molecule has 0 N–H and O–H groups in total. The molecule has 0 heterocycles. The zero-order valence-electron chi connectivity index (χ0n) is 2.44. The minimum absolute atomic E-state index is 0.194. The third-order valence-electron chi connectivity index (χ3n) is 0. The summed E-state index contributed by atoms with van der Waals surface area (Å²) in [6.07, 6.45) is 0. The van der Waals surface area contributed by atoms with E-state index < -0.39 is 18.2 Å². The SMILES string of the molecule is [Cl][Bi]([Cl])[Cl].[O]=[Bi]. The van der Waals surface area contributed by atoms with E-state index in [-0.39, 0.29) is 24.7 Å². The van der Waals surface area contributed by atoms with E-state index in [1.807, 2.05) is 0 Å². The third-order valence-corrected chi connectivity index (χ3v) is 0. The summed E-state index contributed by atoms with van der Waals surface area (Å²) in [7, 11) is 15.0. The molecule has 0 saturated heterocycles. The van der Waals surface area contributed by atoms with Crippen LogP contribution in [0.5, 0.6) is 0 Å². The van der Waals surface area contributed by atoms with E-state index >= 15 is 0 Å². The van der Waals surface area contributed by atoms with Crippen molar-refractivity contribution in [1.29, 1.82) is 0 Å². The fourth-order valence-electron chi connectivity index (χ4n) is 0. The van der Waals surface area contributed by atoms with Gasteiger partial charge in [0, 0.05) is 0 Å². The van der Waals surface area contributed by atoms with Crippen molar-refractivity contribution in [3.8, 4) is 0 Å². The number of rotatable bonds is 0. The topological polar surface area (TPSA) is 17.1 Å². The van der Waals surface area contributed by atoms with Crippen molar-refractivity contribution >= 4 is 68.4 Å². The van der Waals surface area contributed by atoms with E-state index in [9.17, 15) is 0 Å². The van der Waals surface area contributed by atoms with Gasteiger partial charge in [0.15, 0.2) is 0 Å². The summed E-state index contributed by atoms with van der Waals surface area (Å²) in [5.41, 5.74) is 0. The molecule has 0 saturated carbocycles. The van der Waals surface area contributed by atoms with Crippen LogP contribution < -0.4 is 0 Å². The molecule has 0 aromatic rings. The van der Waals surface area contributed by atoms with Crippen LogP contribution in [0.2, 0.25) is 0 Å². The van der Waals surface area contributed by atoms with Crippen molar-refractivity contribution in [2.45, 2.75) is 0 Å². The Balaban J connectivity index is 0. The Kier molecular flexibility index (Phi) is 19.6. The Hall–Kier alpha value is 2.44. The molecule has 37 valence electrons. The van der Waals surface area contributed by atoms with Crippen LogP contribution in [0.4, 0.5) is 0 Å². The van der Waals surface area contributed by atoms with E-state index in [4.69, 9.17) is 28.4 Å². The van der Waals surface area contributed by atoms with Gasteiger partial charge in [0.25, 0.3) is 0 Å². The number of hydrogen-bond acceptors (Lipinski definition) is 1. The Morgan fingerprint density at radius 1 is 1.17 bits per heavy atom. The fraction of sp³-hybridized carbons (Fsp3) is 0. The van der Waals surface area contributed by atoms with Crippen LogP contribution in [-0.2, 0) is 2.81 Å². The molecular weight excluding hydrogens is 540 g/mol. The van der Waals surface area contributed by atoms with Gasteiger partial charge in [-0.2, -0.15) is 0 Å².